The van der Waals surface area contributed by atoms with Crippen molar-refractivity contribution in [3.63, 3.8) is 0 Å². The van der Waals surface area contributed by atoms with Crippen LogP contribution in [-0.2, 0) is 10.0 Å². The average molecular weight is 320 g/mol. The highest BCUT2D eigenvalue weighted by Crippen LogP contribution is 2.16. The molecule has 5 nitrogen and oxygen atoms in total. The third-order valence-electron chi connectivity index (χ3n) is 2.81. The number of aromatic nitrogens is 1. The predicted molar refractivity (Wildman–Crippen MR) is 82.7 cm³/mol. The van der Waals surface area contributed by atoms with Crippen molar-refractivity contribution in [1.29, 1.82) is 0 Å². The monoisotopic (exact) mass is 319 g/mol. The summed E-state index contributed by atoms with van der Waals surface area (Å²) in [5.41, 5.74) is 0. The van der Waals surface area contributed by atoms with Crippen LogP contribution in [0.15, 0.2) is 23.2 Å². The fourth-order valence-corrected chi connectivity index (χ4v) is 2.82. The molecular weight excluding hydrogens is 298 g/mol. The van der Waals surface area contributed by atoms with E-state index in [4.69, 9.17) is 11.6 Å². The van der Waals surface area contributed by atoms with Gasteiger partial charge in [0, 0.05) is 32.2 Å². The molecule has 0 saturated carbocycles. The van der Waals surface area contributed by atoms with Crippen LogP contribution in [-0.4, -0.2) is 43.7 Å². The van der Waals surface area contributed by atoms with E-state index in [2.05, 4.69) is 24.1 Å². The van der Waals surface area contributed by atoms with Gasteiger partial charge >= 0.3 is 0 Å². The Balaban J connectivity index is 2.81. The van der Waals surface area contributed by atoms with E-state index in [1.165, 1.54) is 20.3 Å². The third-order valence-corrected chi connectivity index (χ3v) is 4.98. The molecule has 1 rings (SSSR count). The van der Waals surface area contributed by atoms with E-state index in [1.807, 2.05) is 0 Å². The summed E-state index contributed by atoms with van der Waals surface area (Å²) in [7, 11) is -0.442. The van der Waals surface area contributed by atoms with Gasteiger partial charge in [0.05, 0.1) is 0 Å². The van der Waals surface area contributed by atoms with Crippen LogP contribution in [0.4, 0.5) is 5.82 Å². The molecule has 1 N–H and O–H groups in total. The lowest BCUT2D eigenvalue weighted by Gasteiger charge is -2.19. The topological polar surface area (TPSA) is 62.3 Å². The van der Waals surface area contributed by atoms with E-state index >= 15 is 0 Å². The molecule has 1 unspecified atom stereocenters. The zero-order chi connectivity index (χ0) is 15.3. The second-order valence-corrected chi connectivity index (χ2v) is 7.75. The van der Waals surface area contributed by atoms with Crippen LogP contribution < -0.4 is 5.32 Å². The maximum absolute atomic E-state index is 11.9. The average Bonchev–Trinajstić information content (AvgIpc) is 2.37. The molecule has 0 fully saturated rings. The molecule has 1 aromatic heterocycles. The summed E-state index contributed by atoms with van der Waals surface area (Å²) < 4.78 is 25.0. The number of rotatable bonds is 7. The fraction of sp³-hybridized carbons (Fsp3) is 0.615. The lowest BCUT2D eigenvalue weighted by atomic mass is 10.1. The Hall–Kier alpha value is -0.850. The maximum Gasteiger partial charge on any atom is 0.244 e. The molecule has 0 amide bonds. The Kier molecular flexibility index (Phi) is 6.23. The van der Waals surface area contributed by atoms with Crippen LogP contribution in [0.2, 0.25) is 0 Å². The highest BCUT2D eigenvalue weighted by Gasteiger charge is 2.17. The van der Waals surface area contributed by atoms with Crippen molar-refractivity contribution in [2.24, 2.45) is 5.92 Å². The zero-order valence-corrected chi connectivity index (χ0v) is 13.9. The molecule has 1 aromatic rings. The number of anilines is 1. The largest absolute Gasteiger partial charge is 0.366 e. The smallest absolute Gasteiger partial charge is 0.244 e. The Labute approximate surface area is 126 Å². The van der Waals surface area contributed by atoms with Gasteiger partial charge in [-0.1, -0.05) is 13.8 Å². The van der Waals surface area contributed by atoms with Crippen LogP contribution in [0.5, 0.6) is 0 Å². The minimum absolute atomic E-state index is 0.125. The van der Waals surface area contributed by atoms with Gasteiger partial charge in [0.2, 0.25) is 10.0 Å². The molecule has 0 spiro atoms. The van der Waals surface area contributed by atoms with E-state index in [-0.39, 0.29) is 10.9 Å². The standard InChI is InChI=1S/C13H22ClN3O2S/c1-10(2)7-11(8-14)16-13-6-5-12(9-15-13)20(18,19)17(3)4/h5-6,9-11H,7-8H2,1-4H3,(H,15,16). The third kappa shape index (κ3) is 4.61. The summed E-state index contributed by atoms with van der Waals surface area (Å²) in [4.78, 5) is 4.33. The van der Waals surface area contributed by atoms with E-state index in [9.17, 15) is 8.42 Å². The number of nitrogens with zero attached hydrogens (tertiary/aromatic N) is 2. The fourth-order valence-electron chi connectivity index (χ4n) is 1.77. The molecular formula is C13H22ClN3O2S. The molecule has 0 aliphatic rings. The lowest BCUT2D eigenvalue weighted by Crippen LogP contribution is -2.24. The van der Waals surface area contributed by atoms with Crippen molar-refractivity contribution in [1.82, 2.24) is 9.29 Å². The van der Waals surface area contributed by atoms with Gasteiger partial charge in [0.15, 0.2) is 0 Å². The number of hydrogen-bond donors (Lipinski definition) is 1. The lowest BCUT2D eigenvalue weighted by molar-refractivity contribution is 0.520. The molecule has 1 heterocycles. The normalized spacial score (nSPS) is 13.8. The highest BCUT2D eigenvalue weighted by molar-refractivity contribution is 7.89. The van der Waals surface area contributed by atoms with Crippen molar-refractivity contribution in [2.45, 2.75) is 31.2 Å². The molecule has 1 atom stereocenters. The summed E-state index contributed by atoms with van der Waals surface area (Å²) in [6, 6.07) is 3.34. The first-order valence-electron chi connectivity index (χ1n) is 6.48. The Morgan fingerprint density at radius 2 is 2.00 bits per heavy atom. The second kappa shape index (κ2) is 7.24. The van der Waals surface area contributed by atoms with Crippen LogP contribution in [0.25, 0.3) is 0 Å². The van der Waals surface area contributed by atoms with Gasteiger partial charge in [0.25, 0.3) is 0 Å². The van der Waals surface area contributed by atoms with Crippen molar-refractivity contribution in [3.8, 4) is 0 Å². The SMILES string of the molecule is CC(C)CC(CCl)Nc1ccc(S(=O)(=O)N(C)C)cn1. The molecule has 0 bridgehead atoms. The molecule has 7 heteroatoms. The first-order chi connectivity index (χ1) is 9.27. The van der Waals surface area contributed by atoms with Crippen LogP contribution in [0.3, 0.4) is 0 Å². The van der Waals surface area contributed by atoms with E-state index in [1.54, 1.807) is 12.1 Å². The molecule has 0 aliphatic heterocycles. The first-order valence-corrected chi connectivity index (χ1v) is 8.46. The molecule has 0 radical (unpaired) electrons. The van der Waals surface area contributed by atoms with Crippen molar-refractivity contribution in [2.75, 3.05) is 25.3 Å². The van der Waals surface area contributed by atoms with Gasteiger partial charge in [-0.2, -0.15) is 0 Å². The van der Waals surface area contributed by atoms with Gasteiger partial charge < -0.3 is 5.32 Å². The quantitative estimate of drug-likeness (QED) is 0.784. The second-order valence-electron chi connectivity index (χ2n) is 5.29. The zero-order valence-electron chi connectivity index (χ0n) is 12.3. The molecule has 0 saturated heterocycles. The van der Waals surface area contributed by atoms with Gasteiger partial charge in [-0.3, -0.25) is 0 Å². The Bertz CT molecular complexity index is 515. The molecule has 114 valence electrons. The van der Waals surface area contributed by atoms with E-state index < -0.39 is 10.0 Å². The minimum Gasteiger partial charge on any atom is -0.366 e. The van der Waals surface area contributed by atoms with E-state index in [0.29, 0.717) is 17.6 Å². The number of nitrogens with one attached hydrogen (secondary N) is 1. The maximum atomic E-state index is 11.9. The van der Waals surface area contributed by atoms with Crippen molar-refractivity contribution in [3.05, 3.63) is 18.3 Å². The van der Waals surface area contributed by atoms with Crippen LogP contribution in [0.1, 0.15) is 20.3 Å². The summed E-state index contributed by atoms with van der Waals surface area (Å²) in [6.45, 7) is 4.25. The number of halogens is 1. The first kappa shape index (κ1) is 17.2. The number of pyridine rings is 1. The van der Waals surface area contributed by atoms with Gasteiger partial charge in [0.1, 0.15) is 10.7 Å². The van der Waals surface area contributed by atoms with Gasteiger partial charge in [-0.15, -0.1) is 11.6 Å². The van der Waals surface area contributed by atoms with E-state index in [0.717, 1.165) is 10.7 Å². The van der Waals surface area contributed by atoms with Crippen molar-refractivity contribution < 1.29 is 8.42 Å². The Morgan fingerprint density at radius 1 is 1.35 bits per heavy atom. The Morgan fingerprint density at radius 3 is 2.40 bits per heavy atom. The molecule has 20 heavy (non-hydrogen) atoms. The van der Waals surface area contributed by atoms with Gasteiger partial charge in [-0.05, 0) is 24.5 Å². The summed E-state index contributed by atoms with van der Waals surface area (Å²) in [6.07, 6.45) is 2.29. The van der Waals surface area contributed by atoms with Crippen LogP contribution >= 0.6 is 11.6 Å². The number of hydrogen-bond acceptors (Lipinski definition) is 4. The summed E-state index contributed by atoms with van der Waals surface area (Å²) in [5, 5.41) is 3.22. The molecule has 0 aromatic carbocycles. The van der Waals surface area contributed by atoms with Crippen molar-refractivity contribution >= 4 is 27.4 Å². The number of sulfonamides is 1. The predicted octanol–water partition coefficient (Wildman–Crippen LogP) is 2.40. The number of alkyl halides is 1. The summed E-state index contributed by atoms with van der Waals surface area (Å²) >= 11 is 5.91. The van der Waals surface area contributed by atoms with Gasteiger partial charge in [-0.25, -0.2) is 17.7 Å². The minimum atomic E-state index is -3.43. The van der Waals surface area contributed by atoms with Crippen LogP contribution in [0, 0.1) is 5.92 Å². The summed E-state index contributed by atoms with van der Waals surface area (Å²) in [5.74, 6) is 1.64. The highest BCUT2D eigenvalue weighted by atomic mass is 35.5. The molecule has 0 aliphatic carbocycles.